The fourth-order valence-corrected chi connectivity index (χ4v) is 3.05. The first-order chi connectivity index (χ1) is 11.0. The molecule has 1 aromatic heterocycles. The topological polar surface area (TPSA) is 56.0 Å². The second-order valence-corrected chi connectivity index (χ2v) is 6.94. The summed E-state index contributed by atoms with van der Waals surface area (Å²) in [7, 11) is 0. The zero-order valence-electron chi connectivity index (χ0n) is 12.1. The molecule has 122 valence electrons. The van der Waals surface area contributed by atoms with Gasteiger partial charge in [0.05, 0.1) is 5.25 Å². The summed E-state index contributed by atoms with van der Waals surface area (Å²) in [4.78, 5) is 12.6. The number of nitrogens with zero attached hydrogens (tertiary/aromatic N) is 1. The van der Waals surface area contributed by atoms with Crippen LogP contribution in [0.15, 0.2) is 58.6 Å². The minimum atomic E-state index is -2.48. The van der Waals surface area contributed by atoms with Crippen molar-refractivity contribution in [2.24, 2.45) is 0 Å². The molecule has 0 aliphatic carbocycles. The molecule has 1 N–H and O–H groups in total. The second kappa shape index (κ2) is 8.16. The molecule has 1 amide bonds. The fourth-order valence-electron chi connectivity index (χ4n) is 1.70. The van der Waals surface area contributed by atoms with Gasteiger partial charge in [0.25, 0.3) is 10.8 Å². The maximum Gasteiger partial charge on any atom is 0.288 e. The largest absolute Gasteiger partial charge is 0.618 e. The highest BCUT2D eigenvalue weighted by molar-refractivity contribution is 8.00. The number of carbonyl (C=O) groups is 1. The van der Waals surface area contributed by atoms with Crippen molar-refractivity contribution in [3.8, 4) is 0 Å². The van der Waals surface area contributed by atoms with Gasteiger partial charge in [0.2, 0.25) is 5.91 Å². The summed E-state index contributed by atoms with van der Waals surface area (Å²) in [6.07, 6.45) is 1.37. The van der Waals surface area contributed by atoms with E-state index in [1.165, 1.54) is 18.3 Å². The van der Waals surface area contributed by atoms with Gasteiger partial charge in [0.1, 0.15) is 0 Å². The lowest BCUT2D eigenvalue weighted by Gasteiger charge is -2.12. The summed E-state index contributed by atoms with van der Waals surface area (Å²) in [5, 5.41) is 14.2. The van der Waals surface area contributed by atoms with Gasteiger partial charge in [-0.25, -0.2) is 0 Å². The molecule has 23 heavy (non-hydrogen) atoms. The van der Waals surface area contributed by atoms with Gasteiger partial charge < -0.3 is 10.5 Å². The minimum Gasteiger partial charge on any atom is -0.618 e. The quantitative estimate of drug-likeness (QED) is 0.486. The molecule has 1 atom stereocenters. The summed E-state index contributed by atoms with van der Waals surface area (Å²) in [5.41, 5.74) is 0.518. The molecule has 0 spiro atoms. The van der Waals surface area contributed by atoms with Gasteiger partial charge in [0, 0.05) is 22.7 Å². The van der Waals surface area contributed by atoms with Crippen LogP contribution >= 0.6 is 23.5 Å². The third-order valence-corrected chi connectivity index (χ3v) is 4.65. The van der Waals surface area contributed by atoms with Crippen molar-refractivity contribution in [3.63, 3.8) is 0 Å². The lowest BCUT2D eigenvalue weighted by molar-refractivity contribution is -0.645. The number of alkyl halides is 2. The Morgan fingerprint density at radius 3 is 2.48 bits per heavy atom. The Morgan fingerprint density at radius 2 is 1.87 bits per heavy atom. The number of carbonyl (C=O) groups excluding carboxylic acids is 1. The number of hydrogen-bond acceptors (Lipinski definition) is 4. The fraction of sp³-hybridized carbons (Fsp3) is 0.200. The smallest absolute Gasteiger partial charge is 0.288 e. The van der Waals surface area contributed by atoms with Crippen LogP contribution in [0.3, 0.4) is 0 Å². The Balaban J connectivity index is 1.94. The maximum atomic E-state index is 12.2. The van der Waals surface area contributed by atoms with E-state index < -0.39 is 11.0 Å². The zero-order chi connectivity index (χ0) is 16.8. The Morgan fingerprint density at radius 1 is 1.17 bits per heavy atom. The van der Waals surface area contributed by atoms with Crippen LogP contribution in [-0.2, 0) is 4.79 Å². The van der Waals surface area contributed by atoms with E-state index in [1.54, 1.807) is 37.3 Å². The van der Waals surface area contributed by atoms with Gasteiger partial charge in [-0.05, 0) is 49.0 Å². The lowest BCUT2D eigenvalue weighted by Crippen LogP contribution is -2.30. The van der Waals surface area contributed by atoms with Gasteiger partial charge >= 0.3 is 0 Å². The van der Waals surface area contributed by atoms with Crippen LogP contribution in [0.25, 0.3) is 0 Å². The molecule has 0 aliphatic rings. The first-order valence-corrected chi connectivity index (χ1v) is 8.42. The van der Waals surface area contributed by atoms with E-state index in [4.69, 9.17) is 0 Å². The van der Waals surface area contributed by atoms with Crippen molar-refractivity contribution >= 4 is 35.1 Å². The van der Waals surface area contributed by atoms with Crippen molar-refractivity contribution < 1.29 is 18.3 Å². The van der Waals surface area contributed by atoms with E-state index in [0.717, 1.165) is 11.8 Å². The molecular formula is C15H14F2N2O2S2. The molecule has 0 fully saturated rings. The van der Waals surface area contributed by atoms with Crippen LogP contribution in [0.4, 0.5) is 14.5 Å². The van der Waals surface area contributed by atoms with Gasteiger partial charge in [-0.2, -0.15) is 13.5 Å². The predicted octanol–water partition coefficient (Wildman–Crippen LogP) is 3.75. The lowest BCUT2D eigenvalue weighted by atomic mass is 10.3. The number of amides is 1. The molecule has 1 unspecified atom stereocenters. The van der Waals surface area contributed by atoms with Crippen molar-refractivity contribution in [3.05, 3.63) is 53.9 Å². The average Bonchev–Trinajstić information content (AvgIpc) is 2.51. The van der Waals surface area contributed by atoms with E-state index in [-0.39, 0.29) is 5.91 Å². The highest BCUT2D eigenvalue weighted by Gasteiger charge is 2.18. The number of anilines is 1. The first kappa shape index (κ1) is 17.6. The number of thioether (sulfide) groups is 2. The normalized spacial score (nSPS) is 12.2. The van der Waals surface area contributed by atoms with Crippen LogP contribution in [0, 0.1) is 5.21 Å². The van der Waals surface area contributed by atoms with E-state index in [2.05, 4.69) is 5.32 Å². The standard InChI is InChI=1S/C15H14F2N2O2S2/c1-10(22-13-4-2-3-9-19(13)21)14(20)18-11-5-7-12(8-6-11)23-15(16)17/h2-10,15H,1H3,(H,18,20). The van der Waals surface area contributed by atoms with E-state index in [0.29, 0.717) is 32.1 Å². The van der Waals surface area contributed by atoms with E-state index in [1.807, 2.05) is 0 Å². The van der Waals surface area contributed by atoms with Gasteiger partial charge in [-0.1, -0.05) is 11.8 Å². The molecule has 0 saturated heterocycles. The zero-order valence-corrected chi connectivity index (χ0v) is 13.7. The van der Waals surface area contributed by atoms with Crippen molar-refractivity contribution in [2.75, 3.05) is 5.32 Å². The number of halogens is 2. The SMILES string of the molecule is CC(Sc1cccc[n+]1[O-])C(=O)Nc1ccc(SC(F)F)cc1. The average molecular weight is 356 g/mol. The number of hydrogen-bond donors (Lipinski definition) is 1. The molecule has 0 saturated carbocycles. The number of pyridine rings is 1. The Labute approximate surface area is 140 Å². The Hall–Kier alpha value is -1.80. The molecule has 0 bridgehead atoms. The molecule has 2 aromatic rings. The molecule has 2 rings (SSSR count). The number of aromatic nitrogens is 1. The highest BCUT2D eigenvalue weighted by atomic mass is 32.2. The summed E-state index contributed by atoms with van der Waals surface area (Å²) in [6, 6.07) is 11.1. The third-order valence-electron chi connectivity index (χ3n) is 2.80. The van der Waals surface area contributed by atoms with Crippen molar-refractivity contribution in [2.45, 2.75) is 27.9 Å². The number of benzene rings is 1. The van der Waals surface area contributed by atoms with Crippen LogP contribution in [0.2, 0.25) is 0 Å². The summed E-state index contributed by atoms with van der Waals surface area (Å²) >= 11 is 1.59. The molecule has 1 aromatic carbocycles. The molecule has 4 nitrogen and oxygen atoms in total. The van der Waals surface area contributed by atoms with Crippen LogP contribution in [0.1, 0.15) is 6.92 Å². The van der Waals surface area contributed by atoms with Gasteiger partial charge in [-0.3, -0.25) is 4.79 Å². The van der Waals surface area contributed by atoms with E-state index >= 15 is 0 Å². The predicted molar refractivity (Wildman–Crippen MR) is 87.7 cm³/mol. The molecule has 0 aliphatic heterocycles. The summed E-state index contributed by atoms with van der Waals surface area (Å²) in [5.74, 6) is -2.75. The number of nitrogens with one attached hydrogen (secondary N) is 1. The molecular weight excluding hydrogens is 342 g/mol. The van der Waals surface area contributed by atoms with Crippen LogP contribution < -0.4 is 10.0 Å². The summed E-state index contributed by atoms with van der Waals surface area (Å²) in [6.45, 7) is 1.69. The van der Waals surface area contributed by atoms with Gasteiger partial charge in [-0.15, -0.1) is 0 Å². The van der Waals surface area contributed by atoms with Crippen LogP contribution in [-0.4, -0.2) is 16.9 Å². The second-order valence-electron chi connectivity index (χ2n) is 4.52. The van der Waals surface area contributed by atoms with Crippen molar-refractivity contribution in [1.82, 2.24) is 0 Å². The monoisotopic (exact) mass is 356 g/mol. The maximum absolute atomic E-state index is 12.2. The molecule has 8 heteroatoms. The molecule has 0 radical (unpaired) electrons. The van der Waals surface area contributed by atoms with Crippen LogP contribution in [0.5, 0.6) is 0 Å². The van der Waals surface area contributed by atoms with E-state index in [9.17, 15) is 18.8 Å². The Kier molecular flexibility index (Phi) is 6.23. The first-order valence-electron chi connectivity index (χ1n) is 6.66. The Bertz CT molecular complexity index is 669. The van der Waals surface area contributed by atoms with Crippen molar-refractivity contribution in [1.29, 1.82) is 0 Å². The third kappa shape index (κ3) is 5.40. The molecule has 1 heterocycles. The minimum absolute atomic E-state index is 0.270. The summed E-state index contributed by atoms with van der Waals surface area (Å²) < 4.78 is 25.2. The number of rotatable bonds is 6. The van der Waals surface area contributed by atoms with Gasteiger partial charge in [0.15, 0.2) is 6.20 Å². The highest BCUT2D eigenvalue weighted by Crippen LogP contribution is 2.26.